The summed E-state index contributed by atoms with van der Waals surface area (Å²) in [6.45, 7) is 3.82. The zero-order valence-electron chi connectivity index (χ0n) is 15.7. The smallest absolute Gasteiger partial charge is 0.335 e. The number of benzene rings is 2. The van der Waals surface area contributed by atoms with E-state index in [1.807, 2.05) is 0 Å². The van der Waals surface area contributed by atoms with Crippen LogP contribution in [0.2, 0.25) is 5.02 Å². The highest BCUT2D eigenvalue weighted by Gasteiger charge is 2.43. The Hall–Kier alpha value is -3.52. The lowest BCUT2D eigenvalue weighted by Gasteiger charge is -2.31. The van der Waals surface area contributed by atoms with Gasteiger partial charge in [0.2, 0.25) is 5.91 Å². The Morgan fingerprint density at radius 3 is 2.41 bits per heavy atom. The van der Waals surface area contributed by atoms with Crippen molar-refractivity contribution in [2.24, 2.45) is 5.92 Å². The largest absolute Gasteiger partial charge is 0.497 e. The van der Waals surface area contributed by atoms with Gasteiger partial charge in [0.1, 0.15) is 11.5 Å². The summed E-state index contributed by atoms with van der Waals surface area (Å²) in [5, 5.41) is 5.55. The summed E-state index contributed by atoms with van der Waals surface area (Å²) in [4.78, 5) is 38.5. The van der Waals surface area contributed by atoms with Gasteiger partial charge in [-0.05, 0) is 36.4 Å². The Morgan fingerprint density at radius 1 is 1.10 bits per heavy atom. The van der Waals surface area contributed by atoms with Gasteiger partial charge >= 0.3 is 6.03 Å². The van der Waals surface area contributed by atoms with Gasteiger partial charge in [-0.2, -0.15) is 0 Å². The van der Waals surface area contributed by atoms with Crippen molar-refractivity contribution in [1.82, 2.24) is 5.32 Å². The third kappa shape index (κ3) is 4.02. The molecule has 2 N–H and O–H groups in total. The average Bonchev–Trinajstić information content (AvgIpc) is 2.69. The molecule has 0 unspecified atom stereocenters. The number of methoxy groups -OCH3 is 2. The summed E-state index contributed by atoms with van der Waals surface area (Å²) in [6, 6.07) is 10.3. The predicted molar refractivity (Wildman–Crippen MR) is 108 cm³/mol. The highest BCUT2D eigenvalue weighted by molar-refractivity contribution is 6.31. The van der Waals surface area contributed by atoms with Crippen molar-refractivity contribution in [3.8, 4) is 11.5 Å². The van der Waals surface area contributed by atoms with Gasteiger partial charge in [-0.15, -0.1) is 0 Å². The second-order valence-corrected chi connectivity index (χ2v) is 6.53. The van der Waals surface area contributed by atoms with Crippen LogP contribution in [0.15, 0.2) is 54.7 Å². The number of hydrogen-bond acceptors (Lipinski definition) is 6. The number of ether oxygens (including phenoxy) is 2. The standard InChI is InChI=1S/C20H18ClN3O5/c1-11(22-15-10-14(28-2)8-9-16(15)29-3)17-18(25)23-20(27)24(19(17)26)13-6-4-12(21)5-7-13/h4-10,17,22H,1H2,2-3H3,(H,23,25,27)/t17-/m0/s1. The number of nitrogens with zero attached hydrogens (tertiary/aromatic N) is 1. The first-order chi connectivity index (χ1) is 13.8. The van der Waals surface area contributed by atoms with Crippen LogP contribution in [-0.2, 0) is 9.59 Å². The van der Waals surface area contributed by atoms with Crippen LogP contribution < -0.4 is 25.0 Å². The van der Waals surface area contributed by atoms with E-state index in [4.69, 9.17) is 21.1 Å². The first kappa shape index (κ1) is 20.2. The Morgan fingerprint density at radius 2 is 1.79 bits per heavy atom. The lowest BCUT2D eigenvalue weighted by atomic mass is 10.0. The number of anilines is 2. The van der Waals surface area contributed by atoms with Crippen molar-refractivity contribution in [3.05, 3.63) is 59.8 Å². The number of hydrogen-bond donors (Lipinski definition) is 2. The van der Waals surface area contributed by atoms with Crippen molar-refractivity contribution in [3.63, 3.8) is 0 Å². The van der Waals surface area contributed by atoms with Gasteiger partial charge in [-0.1, -0.05) is 18.2 Å². The molecule has 1 atom stereocenters. The summed E-state index contributed by atoms with van der Waals surface area (Å²) < 4.78 is 10.5. The fourth-order valence-corrected chi connectivity index (χ4v) is 3.00. The van der Waals surface area contributed by atoms with Crippen molar-refractivity contribution in [2.75, 3.05) is 24.4 Å². The van der Waals surface area contributed by atoms with Gasteiger partial charge in [0, 0.05) is 16.8 Å². The molecule has 1 saturated heterocycles. The first-order valence-corrected chi connectivity index (χ1v) is 8.85. The molecule has 0 saturated carbocycles. The van der Waals surface area contributed by atoms with E-state index < -0.39 is 23.8 Å². The van der Waals surface area contributed by atoms with E-state index in [1.165, 1.54) is 38.5 Å². The summed E-state index contributed by atoms with van der Waals surface area (Å²) in [6.07, 6.45) is 0. The van der Waals surface area contributed by atoms with Gasteiger partial charge in [-0.3, -0.25) is 14.9 Å². The van der Waals surface area contributed by atoms with Crippen molar-refractivity contribution in [1.29, 1.82) is 0 Å². The van der Waals surface area contributed by atoms with Crippen molar-refractivity contribution in [2.45, 2.75) is 0 Å². The zero-order valence-corrected chi connectivity index (χ0v) is 16.4. The van der Waals surface area contributed by atoms with Crippen LogP contribution in [0.3, 0.4) is 0 Å². The van der Waals surface area contributed by atoms with E-state index >= 15 is 0 Å². The molecular weight excluding hydrogens is 398 g/mol. The zero-order chi connectivity index (χ0) is 21.1. The molecule has 0 aliphatic carbocycles. The maximum absolute atomic E-state index is 13.0. The molecule has 1 aliphatic heterocycles. The Kier molecular flexibility index (Phi) is 5.74. The van der Waals surface area contributed by atoms with E-state index in [0.29, 0.717) is 22.2 Å². The summed E-state index contributed by atoms with van der Waals surface area (Å²) in [5.74, 6) is -1.84. The topological polar surface area (TPSA) is 97.0 Å². The second kappa shape index (κ2) is 8.24. The number of carbonyl (C=O) groups excluding carboxylic acids is 3. The van der Waals surface area contributed by atoms with Crippen LogP contribution in [0.4, 0.5) is 16.2 Å². The minimum atomic E-state index is -1.33. The third-order valence-corrected chi connectivity index (χ3v) is 4.55. The Balaban J connectivity index is 1.90. The lowest BCUT2D eigenvalue weighted by Crippen LogP contribution is -2.59. The SMILES string of the molecule is C=C(Nc1cc(OC)ccc1OC)[C@H]1C(=O)NC(=O)N(c2ccc(Cl)cc2)C1=O. The molecule has 2 aromatic carbocycles. The molecule has 0 radical (unpaired) electrons. The molecule has 0 bridgehead atoms. The number of imide groups is 2. The molecule has 3 rings (SSSR count). The van der Waals surface area contributed by atoms with Crippen LogP contribution in [0.5, 0.6) is 11.5 Å². The van der Waals surface area contributed by atoms with Gasteiger partial charge < -0.3 is 14.8 Å². The lowest BCUT2D eigenvalue weighted by molar-refractivity contribution is -0.132. The van der Waals surface area contributed by atoms with E-state index in [2.05, 4.69) is 17.2 Å². The van der Waals surface area contributed by atoms with Crippen LogP contribution in [0.1, 0.15) is 0 Å². The molecular formula is C20H18ClN3O5. The monoisotopic (exact) mass is 415 g/mol. The fraction of sp³-hybridized carbons (Fsp3) is 0.150. The molecule has 0 spiro atoms. The van der Waals surface area contributed by atoms with Gasteiger partial charge in [0.15, 0.2) is 5.92 Å². The number of halogens is 1. The molecule has 1 aliphatic rings. The molecule has 1 fully saturated rings. The van der Waals surface area contributed by atoms with Crippen LogP contribution in [0.25, 0.3) is 0 Å². The number of amides is 4. The van der Waals surface area contributed by atoms with Gasteiger partial charge in [0.05, 0.1) is 25.6 Å². The van der Waals surface area contributed by atoms with E-state index in [-0.39, 0.29) is 11.4 Å². The predicted octanol–water partition coefficient (Wildman–Crippen LogP) is 3.18. The molecule has 9 heteroatoms. The minimum Gasteiger partial charge on any atom is -0.497 e. The summed E-state index contributed by atoms with van der Waals surface area (Å²) in [5.41, 5.74) is 0.805. The third-order valence-electron chi connectivity index (χ3n) is 4.30. The maximum atomic E-state index is 13.0. The molecule has 29 heavy (non-hydrogen) atoms. The second-order valence-electron chi connectivity index (χ2n) is 6.09. The molecule has 0 aromatic heterocycles. The number of urea groups is 1. The van der Waals surface area contributed by atoms with Gasteiger partial charge in [-0.25, -0.2) is 9.69 Å². The van der Waals surface area contributed by atoms with E-state index in [9.17, 15) is 14.4 Å². The minimum absolute atomic E-state index is 0.0746. The van der Waals surface area contributed by atoms with Gasteiger partial charge in [0.25, 0.3) is 5.91 Å². The van der Waals surface area contributed by atoms with E-state index in [0.717, 1.165) is 4.90 Å². The summed E-state index contributed by atoms with van der Waals surface area (Å²) in [7, 11) is 2.99. The van der Waals surface area contributed by atoms with Crippen LogP contribution >= 0.6 is 11.6 Å². The molecule has 4 amide bonds. The number of rotatable bonds is 6. The highest BCUT2D eigenvalue weighted by atomic mass is 35.5. The molecule has 2 aromatic rings. The van der Waals surface area contributed by atoms with Crippen LogP contribution in [0, 0.1) is 5.92 Å². The maximum Gasteiger partial charge on any atom is 0.335 e. The normalized spacial score (nSPS) is 16.3. The molecule has 1 heterocycles. The van der Waals surface area contributed by atoms with Crippen molar-refractivity contribution >= 4 is 40.8 Å². The quantitative estimate of drug-likeness (QED) is 0.703. The highest BCUT2D eigenvalue weighted by Crippen LogP contribution is 2.32. The Labute approximate surface area is 172 Å². The average molecular weight is 416 g/mol. The Bertz CT molecular complexity index is 990. The van der Waals surface area contributed by atoms with E-state index in [1.54, 1.807) is 18.2 Å². The van der Waals surface area contributed by atoms with Crippen molar-refractivity contribution < 1.29 is 23.9 Å². The first-order valence-electron chi connectivity index (χ1n) is 8.48. The molecule has 150 valence electrons. The fourth-order valence-electron chi connectivity index (χ4n) is 2.87. The number of nitrogens with one attached hydrogen (secondary N) is 2. The molecule has 8 nitrogen and oxygen atoms in total. The summed E-state index contributed by atoms with van der Waals surface area (Å²) >= 11 is 5.86. The number of barbiturate groups is 1. The number of carbonyl (C=O) groups is 3. The van der Waals surface area contributed by atoms with Crippen LogP contribution in [-0.4, -0.2) is 32.1 Å².